The van der Waals surface area contributed by atoms with Crippen LogP contribution in [0.3, 0.4) is 0 Å². The lowest BCUT2D eigenvalue weighted by atomic mass is 10.5. The number of pyridine rings is 1. The molecule has 0 aliphatic rings. The lowest BCUT2D eigenvalue weighted by Crippen LogP contribution is -2.37. The number of hydrogen-bond acceptors (Lipinski definition) is 4. The van der Waals surface area contributed by atoms with E-state index in [1.54, 1.807) is 14.1 Å². The minimum absolute atomic E-state index is 0.0210. The summed E-state index contributed by atoms with van der Waals surface area (Å²) in [6.45, 7) is -0.268. The van der Waals surface area contributed by atoms with Crippen LogP contribution in [0.15, 0.2) is 17.2 Å². The van der Waals surface area contributed by atoms with E-state index >= 15 is 0 Å². The highest BCUT2D eigenvalue weighted by atomic mass is 35.5. The van der Waals surface area contributed by atoms with E-state index < -0.39 is 10.0 Å². The van der Waals surface area contributed by atoms with Crippen molar-refractivity contribution in [3.63, 3.8) is 0 Å². The Hall–Kier alpha value is -0.890. The third-order valence-corrected chi connectivity index (χ3v) is 4.79. The number of rotatable bonds is 4. The monoisotopic (exact) mass is 325 g/mol. The molecule has 0 aromatic carbocycles. The van der Waals surface area contributed by atoms with Crippen molar-refractivity contribution in [2.24, 2.45) is 0 Å². The van der Waals surface area contributed by atoms with Crippen LogP contribution in [0.1, 0.15) is 0 Å². The van der Waals surface area contributed by atoms with Crippen molar-refractivity contribution in [2.75, 3.05) is 27.7 Å². The van der Waals surface area contributed by atoms with Gasteiger partial charge in [0, 0.05) is 27.3 Å². The molecule has 0 saturated carbocycles. The molecule has 1 heterocycles. The van der Waals surface area contributed by atoms with E-state index in [-0.39, 0.29) is 27.5 Å². The Labute approximate surface area is 122 Å². The Kier molecular flexibility index (Phi) is 5.14. The Morgan fingerprint density at radius 1 is 1.32 bits per heavy atom. The van der Waals surface area contributed by atoms with E-state index in [2.05, 4.69) is 4.98 Å². The number of sulfonamides is 1. The number of hydrogen-bond donors (Lipinski definition) is 0. The van der Waals surface area contributed by atoms with Crippen molar-refractivity contribution in [1.82, 2.24) is 14.2 Å². The average Bonchev–Trinajstić information content (AvgIpc) is 2.32. The molecule has 0 atom stereocenters. The first kappa shape index (κ1) is 16.2. The van der Waals surface area contributed by atoms with Gasteiger partial charge in [0.15, 0.2) is 0 Å². The van der Waals surface area contributed by atoms with Crippen molar-refractivity contribution in [3.05, 3.63) is 22.4 Å². The van der Waals surface area contributed by atoms with Crippen LogP contribution in [-0.4, -0.2) is 56.2 Å². The van der Waals surface area contributed by atoms with Crippen LogP contribution >= 0.6 is 23.2 Å². The van der Waals surface area contributed by atoms with Gasteiger partial charge in [0.1, 0.15) is 10.0 Å². The molecular formula is C10H13Cl2N3O3S. The predicted octanol–water partition coefficient (Wildman–Crippen LogP) is 1.10. The van der Waals surface area contributed by atoms with E-state index in [4.69, 9.17) is 23.2 Å². The zero-order valence-corrected chi connectivity index (χ0v) is 12.9. The van der Waals surface area contributed by atoms with Gasteiger partial charge in [-0.3, -0.25) is 4.79 Å². The molecule has 1 amide bonds. The van der Waals surface area contributed by atoms with E-state index in [1.807, 2.05) is 0 Å². The van der Waals surface area contributed by atoms with Crippen molar-refractivity contribution in [1.29, 1.82) is 0 Å². The van der Waals surface area contributed by atoms with Gasteiger partial charge in [-0.15, -0.1) is 0 Å². The number of nitrogens with zero attached hydrogens (tertiary/aromatic N) is 3. The molecule has 6 nitrogen and oxygen atoms in total. The second kappa shape index (κ2) is 6.04. The summed E-state index contributed by atoms with van der Waals surface area (Å²) >= 11 is 11.4. The summed E-state index contributed by atoms with van der Waals surface area (Å²) < 4.78 is 25.3. The van der Waals surface area contributed by atoms with Crippen LogP contribution in [0.5, 0.6) is 0 Å². The summed E-state index contributed by atoms with van der Waals surface area (Å²) in [5, 5.41) is 0.0581. The maximum atomic E-state index is 12.2. The van der Waals surface area contributed by atoms with Gasteiger partial charge < -0.3 is 4.90 Å². The normalized spacial score (nSPS) is 11.7. The molecule has 0 radical (unpaired) electrons. The maximum absolute atomic E-state index is 12.2. The zero-order valence-electron chi connectivity index (χ0n) is 10.6. The lowest BCUT2D eigenvalue weighted by molar-refractivity contribution is -0.128. The van der Waals surface area contributed by atoms with Crippen LogP contribution in [0.4, 0.5) is 0 Å². The number of halogens is 2. The number of carbonyl (C=O) groups excluding carboxylic acids is 1. The first-order valence-electron chi connectivity index (χ1n) is 5.13. The fraction of sp³-hybridized carbons (Fsp3) is 0.400. The third-order valence-electron chi connectivity index (χ3n) is 2.34. The molecule has 0 fully saturated rings. The van der Waals surface area contributed by atoms with E-state index in [9.17, 15) is 13.2 Å². The largest absolute Gasteiger partial charge is 0.348 e. The molecule has 0 aliphatic carbocycles. The quantitative estimate of drug-likeness (QED) is 0.777. The van der Waals surface area contributed by atoms with Gasteiger partial charge in [-0.05, 0) is 6.07 Å². The van der Waals surface area contributed by atoms with Crippen molar-refractivity contribution in [2.45, 2.75) is 4.90 Å². The first-order valence-corrected chi connectivity index (χ1v) is 7.33. The van der Waals surface area contributed by atoms with E-state index in [0.717, 1.165) is 10.5 Å². The zero-order chi connectivity index (χ0) is 14.8. The molecule has 1 rings (SSSR count). The SMILES string of the molecule is CN(C)C(=O)CN(C)S(=O)(=O)c1cnc(Cl)c(Cl)c1. The number of aromatic nitrogens is 1. The van der Waals surface area contributed by atoms with Gasteiger partial charge in [-0.1, -0.05) is 23.2 Å². The number of carbonyl (C=O) groups is 1. The number of likely N-dealkylation sites (N-methyl/N-ethyl adjacent to an activating group) is 2. The summed E-state index contributed by atoms with van der Waals surface area (Å²) in [4.78, 5) is 16.4. The fourth-order valence-electron chi connectivity index (χ4n) is 1.14. The second-order valence-electron chi connectivity index (χ2n) is 3.99. The van der Waals surface area contributed by atoms with Gasteiger partial charge in [-0.2, -0.15) is 4.31 Å². The first-order chi connectivity index (χ1) is 8.66. The second-order valence-corrected chi connectivity index (χ2v) is 6.80. The Balaban J connectivity index is 3.03. The average molecular weight is 326 g/mol. The van der Waals surface area contributed by atoms with Crippen molar-refractivity contribution < 1.29 is 13.2 Å². The summed E-state index contributed by atoms with van der Waals surface area (Å²) in [6.07, 6.45) is 1.10. The van der Waals surface area contributed by atoms with Crippen LogP contribution in [-0.2, 0) is 14.8 Å². The molecular weight excluding hydrogens is 313 g/mol. The van der Waals surface area contributed by atoms with Crippen LogP contribution in [0.2, 0.25) is 10.2 Å². The van der Waals surface area contributed by atoms with Gasteiger partial charge in [0.25, 0.3) is 0 Å². The van der Waals surface area contributed by atoms with Gasteiger partial charge in [0.05, 0.1) is 11.6 Å². The Morgan fingerprint density at radius 2 is 1.89 bits per heavy atom. The summed E-state index contributed by atoms with van der Waals surface area (Å²) in [7, 11) is 0.569. The maximum Gasteiger partial charge on any atom is 0.244 e. The van der Waals surface area contributed by atoms with Crippen molar-refractivity contribution >= 4 is 39.1 Å². The summed E-state index contributed by atoms with van der Waals surface area (Å²) in [5.74, 6) is -0.334. The molecule has 0 saturated heterocycles. The molecule has 0 N–H and O–H groups in total. The standard InChI is InChI=1S/C10H13Cl2N3O3S/c1-14(2)9(16)6-15(3)19(17,18)7-4-8(11)10(12)13-5-7/h4-5H,6H2,1-3H3. The molecule has 0 aliphatic heterocycles. The van der Waals surface area contributed by atoms with Gasteiger partial charge in [-0.25, -0.2) is 13.4 Å². The Bertz CT molecular complexity index is 590. The topological polar surface area (TPSA) is 70.6 Å². The summed E-state index contributed by atoms with van der Waals surface area (Å²) in [5.41, 5.74) is 0. The van der Waals surface area contributed by atoms with Crippen LogP contribution < -0.4 is 0 Å². The molecule has 19 heavy (non-hydrogen) atoms. The molecule has 9 heteroatoms. The predicted molar refractivity (Wildman–Crippen MR) is 72.8 cm³/mol. The van der Waals surface area contributed by atoms with Crippen molar-refractivity contribution in [3.8, 4) is 0 Å². The fourth-order valence-corrected chi connectivity index (χ4v) is 2.57. The molecule has 0 unspecified atom stereocenters. The molecule has 106 valence electrons. The van der Waals surface area contributed by atoms with E-state index in [1.165, 1.54) is 18.0 Å². The lowest BCUT2D eigenvalue weighted by Gasteiger charge is -2.19. The molecule has 1 aromatic rings. The number of amides is 1. The summed E-state index contributed by atoms with van der Waals surface area (Å²) in [6, 6.07) is 1.20. The highest BCUT2D eigenvalue weighted by molar-refractivity contribution is 7.89. The van der Waals surface area contributed by atoms with E-state index in [0.29, 0.717) is 0 Å². The minimum Gasteiger partial charge on any atom is -0.348 e. The molecule has 0 spiro atoms. The van der Waals surface area contributed by atoms with Gasteiger partial charge in [0.2, 0.25) is 15.9 Å². The Morgan fingerprint density at radius 3 is 2.37 bits per heavy atom. The molecule has 1 aromatic heterocycles. The highest BCUT2D eigenvalue weighted by Crippen LogP contribution is 2.23. The molecule has 0 bridgehead atoms. The highest BCUT2D eigenvalue weighted by Gasteiger charge is 2.24. The van der Waals surface area contributed by atoms with Crippen LogP contribution in [0.25, 0.3) is 0 Å². The third kappa shape index (κ3) is 3.79. The minimum atomic E-state index is -3.83. The smallest absolute Gasteiger partial charge is 0.244 e. The van der Waals surface area contributed by atoms with Gasteiger partial charge >= 0.3 is 0 Å². The van der Waals surface area contributed by atoms with Crippen LogP contribution in [0, 0.1) is 0 Å².